The van der Waals surface area contributed by atoms with Crippen LogP contribution in [0.2, 0.25) is 10.0 Å². The lowest BCUT2D eigenvalue weighted by Gasteiger charge is -2.10. The highest BCUT2D eigenvalue weighted by Gasteiger charge is 2.12. The SMILES string of the molecule is Cc1ccc(C(=O)O)cc1NC(=O)c1ccc(Cl)c(Cl)c1. The van der Waals surface area contributed by atoms with Crippen LogP contribution in [0.1, 0.15) is 26.3 Å². The van der Waals surface area contributed by atoms with Gasteiger partial charge in [0, 0.05) is 11.3 Å². The molecule has 0 unspecified atom stereocenters. The van der Waals surface area contributed by atoms with Crippen LogP contribution in [0, 0.1) is 6.92 Å². The quantitative estimate of drug-likeness (QED) is 0.887. The van der Waals surface area contributed by atoms with E-state index < -0.39 is 5.97 Å². The predicted octanol–water partition coefficient (Wildman–Crippen LogP) is 4.25. The number of carboxylic acid groups (broad SMARTS) is 1. The first kappa shape index (κ1) is 15.4. The largest absolute Gasteiger partial charge is 0.478 e. The summed E-state index contributed by atoms with van der Waals surface area (Å²) in [5.41, 5.74) is 1.63. The first-order valence-electron chi connectivity index (χ1n) is 5.99. The third-order valence-corrected chi connectivity index (χ3v) is 3.65. The second kappa shape index (κ2) is 6.16. The number of hydrogen-bond donors (Lipinski definition) is 2. The Labute approximate surface area is 131 Å². The predicted molar refractivity (Wildman–Crippen MR) is 82.6 cm³/mol. The molecule has 2 N–H and O–H groups in total. The summed E-state index contributed by atoms with van der Waals surface area (Å²) in [4.78, 5) is 23.1. The third-order valence-electron chi connectivity index (χ3n) is 2.91. The number of carboxylic acids is 1. The number of aromatic carboxylic acids is 1. The zero-order valence-electron chi connectivity index (χ0n) is 11.0. The molecule has 2 aromatic rings. The van der Waals surface area contributed by atoms with Gasteiger partial charge in [0.15, 0.2) is 0 Å². The van der Waals surface area contributed by atoms with Gasteiger partial charge in [0.05, 0.1) is 15.6 Å². The first-order valence-corrected chi connectivity index (χ1v) is 6.74. The van der Waals surface area contributed by atoms with Crippen molar-refractivity contribution in [2.24, 2.45) is 0 Å². The summed E-state index contributed by atoms with van der Waals surface area (Å²) >= 11 is 11.7. The van der Waals surface area contributed by atoms with Crippen molar-refractivity contribution >= 4 is 40.8 Å². The first-order chi connectivity index (χ1) is 9.88. The summed E-state index contributed by atoms with van der Waals surface area (Å²) < 4.78 is 0. The smallest absolute Gasteiger partial charge is 0.335 e. The maximum Gasteiger partial charge on any atom is 0.335 e. The van der Waals surface area contributed by atoms with Crippen molar-refractivity contribution in [2.45, 2.75) is 6.92 Å². The average Bonchev–Trinajstić information content (AvgIpc) is 2.43. The molecule has 0 radical (unpaired) electrons. The van der Waals surface area contributed by atoms with Crippen molar-refractivity contribution in [2.75, 3.05) is 5.32 Å². The lowest BCUT2D eigenvalue weighted by atomic mass is 10.1. The van der Waals surface area contributed by atoms with Gasteiger partial charge in [-0.15, -0.1) is 0 Å². The molecule has 21 heavy (non-hydrogen) atoms. The number of anilines is 1. The fourth-order valence-electron chi connectivity index (χ4n) is 1.72. The zero-order valence-corrected chi connectivity index (χ0v) is 12.5. The highest BCUT2D eigenvalue weighted by atomic mass is 35.5. The number of halogens is 2. The molecule has 0 fully saturated rings. The van der Waals surface area contributed by atoms with E-state index in [2.05, 4.69) is 5.32 Å². The Morgan fingerprint density at radius 3 is 2.29 bits per heavy atom. The summed E-state index contributed by atoms with van der Waals surface area (Å²) in [6.45, 7) is 1.77. The molecule has 1 amide bonds. The van der Waals surface area contributed by atoms with E-state index in [9.17, 15) is 9.59 Å². The van der Waals surface area contributed by atoms with Gasteiger partial charge in [-0.3, -0.25) is 4.79 Å². The molecule has 0 bridgehead atoms. The maximum atomic E-state index is 12.2. The van der Waals surface area contributed by atoms with Crippen molar-refractivity contribution in [3.63, 3.8) is 0 Å². The molecule has 0 aliphatic carbocycles. The van der Waals surface area contributed by atoms with Crippen LogP contribution in [0.3, 0.4) is 0 Å². The second-order valence-electron chi connectivity index (χ2n) is 4.42. The van der Waals surface area contributed by atoms with E-state index >= 15 is 0 Å². The van der Waals surface area contributed by atoms with E-state index in [4.69, 9.17) is 28.3 Å². The zero-order chi connectivity index (χ0) is 15.6. The molecule has 0 heterocycles. The summed E-state index contributed by atoms with van der Waals surface area (Å²) in [6.07, 6.45) is 0. The third kappa shape index (κ3) is 3.54. The van der Waals surface area contributed by atoms with Crippen molar-refractivity contribution in [1.29, 1.82) is 0 Å². The topological polar surface area (TPSA) is 66.4 Å². The molecule has 0 aliphatic rings. The minimum absolute atomic E-state index is 0.102. The van der Waals surface area contributed by atoms with Gasteiger partial charge in [0.25, 0.3) is 5.91 Å². The van der Waals surface area contributed by atoms with Crippen molar-refractivity contribution in [3.05, 3.63) is 63.1 Å². The van der Waals surface area contributed by atoms with Crippen LogP contribution >= 0.6 is 23.2 Å². The average molecular weight is 324 g/mol. The van der Waals surface area contributed by atoms with Gasteiger partial charge in [-0.2, -0.15) is 0 Å². The number of nitrogens with one attached hydrogen (secondary N) is 1. The number of hydrogen-bond acceptors (Lipinski definition) is 2. The molecule has 0 saturated heterocycles. The van der Waals surface area contributed by atoms with Gasteiger partial charge in [0.2, 0.25) is 0 Å². The second-order valence-corrected chi connectivity index (χ2v) is 5.23. The number of amides is 1. The highest BCUT2D eigenvalue weighted by Crippen LogP contribution is 2.24. The van der Waals surface area contributed by atoms with E-state index in [0.717, 1.165) is 5.56 Å². The normalized spacial score (nSPS) is 10.2. The fraction of sp³-hybridized carbons (Fsp3) is 0.0667. The van der Waals surface area contributed by atoms with Crippen LogP contribution in [0.25, 0.3) is 0 Å². The van der Waals surface area contributed by atoms with Gasteiger partial charge >= 0.3 is 5.97 Å². The van der Waals surface area contributed by atoms with Gasteiger partial charge in [-0.05, 0) is 42.8 Å². The Hall–Kier alpha value is -2.04. The Kier molecular flexibility index (Phi) is 4.50. The number of carbonyl (C=O) groups excluding carboxylic acids is 1. The van der Waals surface area contributed by atoms with E-state index in [-0.39, 0.29) is 16.5 Å². The van der Waals surface area contributed by atoms with Gasteiger partial charge in [0.1, 0.15) is 0 Å². The van der Waals surface area contributed by atoms with E-state index in [0.29, 0.717) is 16.3 Å². The summed E-state index contributed by atoms with van der Waals surface area (Å²) in [7, 11) is 0. The van der Waals surface area contributed by atoms with Crippen LogP contribution in [0.5, 0.6) is 0 Å². The molecule has 0 aliphatic heterocycles. The molecule has 2 rings (SSSR count). The molecule has 0 aromatic heterocycles. The minimum atomic E-state index is -1.06. The van der Waals surface area contributed by atoms with Crippen LogP contribution in [-0.4, -0.2) is 17.0 Å². The van der Waals surface area contributed by atoms with Crippen LogP contribution in [0.4, 0.5) is 5.69 Å². The van der Waals surface area contributed by atoms with E-state index in [1.807, 2.05) is 0 Å². The Morgan fingerprint density at radius 2 is 1.67 bits per heavy atom. The number of benzene rings is 2. The molecule has 6 heteroatoms. The van der Waals surface area contributed by atoms with Gasteiger partial charge < -0.3 is 10.4 Å². The molecule has 0 spiro atoms. The van der Waals surface area contributed by atoms with Crippen LogP contribution < -0.4 is 5.32 Å². The molecular weight excluding hydrogens is 313 g/mol. The number of carbonyl (C=O) groups is 2. The van der Waals surface area contributed by atoms with Crippen LogP contribution in [0.15, 0.2) is 36.4 Å². The maximum absolute atomic E-state index is 12.2. The van der Waals surface area contributed by atoms with Crippen LogP contribution in [-0.2, 0) is 0 Å². The van der Waals surface area contributed by atoms with Gasteiger partial charge in [-0.25, -0.2) is 4.79 Å². The Balaban J connectivity index is 2.28. The molecule has 0 saturated carbocycles. The summed E-state index contributed by atoms with van der Waals surface area (Å²) in [5.74, 6) is -1.45. The summed E-state index contributed by atoms with van der Waals surface area (Å²) in [5, 5.41) is 12.3. The van der Waals surface area contributed by atoms with E-state index in [1.165, 1.54) is 24.3 Å². The standard InChI is InChI=1S/C15H11Cl2NO3/c1-8-2-3-10(15(20)21)7-13(8)18-14(19)9-4-5-11(16)12(17)6-9/h2-7H,1H3,(H,18,19)(H,20,21). The molecule has 4 nitrogen and oxygen atoms in total. The summed E-state index contributed by atoms with van der Waals surface area (Å²) in [6, 6.07) is 9.04. The minimum Gasteiger partial charge on any atom is -0.478 e. The van der Waals surface area contributed by atoms with Crippen molar-refractivity contribution in [1.82, 2.24) is 0 Å². The number of rotatable bonds is 3. The lowest BCUT2D eigenvalue weighted by molar-refractivity contribution is 0.0696. The molecular formula is C15H11Cl2NO3. The Morgan fingerprint density at radius 1 is 1.00 bits per heavy atom. The van der Waals surface area contributed by atoms with E-state index in [1.54, 1.807) is 19.1 Å². The molecule has 0 atom stereocenters. The fourth-order valence-corrected chi connectivity index (χ4v) is 2.02. The number of aryl methyl sites for hydroxylation is 1. The Bertz CT molecular complexity index is 729. The molecule has 108 valence electrons. The van der Waals surface area contributed by atoms with Gasteiger partial charge in [-0.1, -0.05) is 29.3 Å². The monoisotopic (exact) mass is 323 g/mol. The lowest BCUT2D eigenvalue weighted by Crippen LogP contribution is -2.13. The molecule has 2 aromatic carbocycles. The highest BCUT2D eigenvalue weighted by molar-refractivity contribution is 6.42. The van der Waals surface area contributed by atoms with Crippen molar-refractivity contribution < 1.29 is 14.7 Å². The van der Waals surface area contributed by atoms with Crippen molar-refractivity contribution in [3.8, 4) is 0 Å².